The number of ketones is 1. The van der Waals surface area contributed by atoms with E-state index in [1.54, 1.807) is 24.5 Å². The molecule has 0 unspecified atom stereocenters. The second-order valence-electron chi connectivity index (χ2n) is 5.85. The molecule has 134 valence electrons. The summed E-state index contributed by atoms with van der Waals surface area (Å²) in [6.45, 7) is 3.79. The van der Waals surface area contributed by atoms with Crippen LogP contribution in [-0.2, 0) is 10.0 Å². The molecule has 0 spiro atoms. The number of hydrogen-bond acceptors (Lipinski definition) is 5. The van der Waals surface area contributed by atoms with Gasteiger partial charge in [-0.05, 0) is 36.2 Å². The Hall–Kier alpha value is -2.35. The number of rotatable bonds is 5. The van der Waals surface area contributed by atoms with Gasteiger partial charge in [-0.15, -0.1) is 11.3 Å². The lowest BCUT2D eigenvalue weighted by atomic mass is 9.98. The number of primary sulfonamides is 1. The van der Waals surface area contributed by atoms with E-state index < -0.39 is 10.0 Å². The second-order valence-corrected chi connectivity index (χ2v) is 8.43. The molecule has 0 amide bonds. The summed E-state index contributed by atoms with van der Waals surface area (Å²) in [6, 6.07) is 10.1. The number of aromatic nitrogens is 1. The van der Waals surface area contributed by atoms with Crippen molar-refractivity contribution in [2.24, 2.45) is 5.14 Å². The zero-order valence-corrected chi connectivity index (χ0v) is 16.0. The first kappa shape index (κ1) is 18.4. The normalized spacial score (nSPS) is 11.5. The topological polar surface area (TPSA) is 90.1 Å². The summed E-state index contributed by atoms with van der Waals surface area (Å²) in [7, 11) is -3.75. The van der Waals surface area contributed by atoms with Crippen molar-refractivity contribution >= 4 is 27.1 Å². The van der Waals surface area contributed by atoms with Gasteiger partial charge in [0.1, 0.15) is 0 Å². The molecule has 3 rings (SSSR count). The molecule has 2 heterocycles. The molecule has 0 aliphatic heterocycles. The van der Waals surface area contributed by atoms with Crippen molar-refractivity contribution in [3.63, 3.8) is 0 Å². The van der Waals surface area contributed by atoms with Crippen LogP contribution in [0.15, 0.2) is 53.7 Å². The average molecular weight is 386 g/mol. The van der Waals surface area contributed by atoms with Gasteiger partial charge in [0.25, 0.3) is 0 Å². The number of pyridine rings is 1. The Morgan fingerprint density at radius 1 is 1.15 bits per heavy atom. The molecular formula is C19H18N2O3S2. The highest BCUT2D eigenvalue weighted by molar-refractivity contribution is 7.89. The van der Waals surface area contributed by atoms with E-state index in [0.29, 0.717) is 11.3 Å². The van der Waals surface area contributed by atoms with Gasteiger partial charge in [-0.3, -0.25) is 9.78 Å². The smallest absolute Gasteiger partial charge is 0.238 e. The molecule has 0 bridgehead atoms. The number of hydrogen-bond donors (Lipinski definition) is 1. The van der Waals surface area contributed by atoms with E-state index in [-0.39, 0.29) is 10.7 Å². The largest absolute Gasteiger partial charge is 0.293 e. The average Bonchev–Trinajstić information content (AvgIpc) is 2.98. The second kappa shape index (κ2) is 7.11. The van der Waals surface area contributed by atoms with Crippen LogP contribution in [0.1, 0.15) is 28.6 Å². The van der Waals surface area contributed by atoms with Gasteiger partial charge in [0.2, 0.25) is 10.0 Å². The van der Waals surface area contributed by atoms with Gasteiger partial charge in [-0.2, -0.15) is 0 Å². The van der Waals surface area contributed by atoms with Gasteiger partial charge >= 0.3 is 0 Å². The summed E-state index contributed by atoms with van der Waals surface area (Å²) in [5.74, 6) is 0.0544. The van der Waals surface area contributed by atoms with E-state index in [2.05, 4.69) is 4.98 Å². The first-order valence-electron chi connectivity index (χ1n) is 8.03. The molecule has 7 heteroatoms. The van der Waals surface area contributed by atoms with E-state index in [4.69, 9.17) is 5.14 Å². The third-order valence-electron chi connectivity index (χ3n) is 4.12. The predicted octanol–water partition coefficient (Wildman–Crippen LogP) is 4.03. The number of thiophene rings is 1. The fourth-order valence-corrected chi connectivity index (χ4v) is 4.65. The van der Waals surface area contributed by atoms with Gasteiger partial charge in [-0.25, -0.2) is 13.6 Å². The van der Waals surface area contributed by atoms with E-state index >= 15 is 0 Å². The number of nitrogens with two attached hydrogens (primary N) is 1. The number of carbonyl (C=O) groups excluding carboxylic acids is 1. The van der Waals surface area contributed by atoms with E-state index in [9.17, 15) is 13.2 Å². The van der Waals surface area contributed by atoms with Crippen molar-refractivity contribution < 1.29 is 13.2 Å². The molecule has 0 aliphatic carbocycles. The van der Waals surface area contributed by atoms with E-state index in [1.807, 2.05) is 26.0 Å². The van der Waals surface area contributed by atoms with Crippen molar-refractivity contribution in [2.75, 3.05) is 0 Å². The molecular weight excluding hydrogens is 368 g/mol. The molecule has 1 aromatic carbocycles. The predicted molar refractivity (Wildman–Crippen MR) is 104 cm³/mol. The number of benzene rings is 1. The molecule has 0 atom stereocenters. The Morgan fingerprint density at radius 2 is 1.85 bits per heavy atom. The Bertz CT molecular complexity index is 1050. The molecule has 0 aliphatic rings. The van der Waals surface area contributed by atoms with Crippen LogP contribution in [0.3, 0.4) is 0 Å². The fraction of sp³-hybridized carbons (Fsp3) is 0.158. The molecule has 0 saturated carbocycles. The summed E-state index contributed by atoms with van der Waals surface area (Å²) < 4.78 is 23.0. The van der Waals surface area contributed by atoms with Crippen LogP contribution in [-0.4, -0.2) is 19.2 Å². The summed E-state index contributed by atoms with van der Waals surface area (Å²) in [5, 5.41) is 5.17. The summed E-state index contributed by atoms with van der Waals surface area (Å²) >= 11 is 1.44. The van der Waals surface area contributed by atoms with Crippen LogP contribution in [0, 0.1) is 6.92 Å². The van der Waals surface area contributed by atoms with Crippen LogP contribution in [0.4, 0.5) is 0 Å². The van der Waals surface area contributed by atoms with Crippen molar-refractivity contribution in [3.05, 3.63) is 59.2 Å². The minimum atomic E-state index is -3.75. The monoisotopic (exact) mass is 386 g/mol. The number of carbonyl (C=O) groups is 1. The van der Waals surface area contributed by atoms with Crippen LogP contribution in [0.5, 0.6) is 0 Å². The van der Waals surface area contributed by atoms with Gasteiger partial charge < -0.3 is 0 Å². The van der Waals surface area contributed by atoms with Crippen molar-refractivity contribution in [3.8, 4) is 21.6 Å². The van der Waals surface area contributed by atoms with Gasteiger partial charge in [0.15, 0.2) is 5.78 Å². The molecule has 26 heavy (non-hydrogen) atoms. The molecule has 3 aromatic rings. The number of Topliss-reactive ketones (excluding diaryl/α,β-unsaturated/α-hetero) is 1. The molecule has 2 N–H and O–H groups in total. The Labute approximate surface area is 156 Å². The highest BCUT2D eigenvalue weighted by Crippen LogP contribution is 2.42. The van der Waals surface area contributed by atoms with Gasteiger partial charge in [-0.1, -0.05) is 25.1 Å². The SMILES string of the molecule is CCC(=O)c1sc(-c2cccnc2)c(C)c1-c1ccc(S(N)(=O)=O)cc1. The highest BCUT2D eigenvalue weighted by Gasteiger charge is 2.22. The van der Waals surface area contributed by atoms with Crippen molar-refractivity contribution in [2.45, 2.75) is 25.2 Å². The van der Waals surface area contributed by atoms with Crippen LogP contribution < -0.4 is 5.14 Å². The number of nitrogens with zero attached hydrogens (tertiary/aromatic N) is 1. The maximum Gasteiger partial charge on any atom is 0.238 e. The Morgan fingerprint density at radius 3 is 2.38 bits per heavy atom. The van der Waals surface area contributed by atoms with E-state index in [0.717, 1.165) is 27.1 Å². The van der Waals surface area contributed by atoms with Gasteiger partial charge in [0.05, 0.1) is 9.77 Å². The zero-order valence-electron chi connectivity index (χ0n) is 14.4. The highest BCUT2D eigenvalue weighted by atomic mass is 32.2. The summed E-state index contributed by atoms with van der Waals surface area (Å²) in [4.78, 5) is 18.4. The lowest BCUT2D eigenvalue weighted by Crippen LogP contribution is -2.11. The molecule has 2 aromatic heterocycles. The summed E-state index contributed by atoms with van der Waals surface area (Å²) in [5.41, 5.74) is 3.55. The number of sulfonamides is 1. The lowest BCUT2D eigenvalue weighted by molar-refractivity contribution is 0.0992. The lowest BCUT2D eigenvalue weighted by Gasteiger charge is -2.06. The first-order chi connectivity index (χ1) is 12.3. The van der Waals surface area contributed by atoms with E-state index in [1.165, 1.54) is 23.5 Å². The quantitative estimate of drug-likeness (QED) is 0.671. The van der Waals surface area contributed by atoms with Crippen LogP contribution in [0.25, 0.3) is 21.6 Å². The Balaban J connectivity index is 2.20. The molecule has 0 radical (unpaired) electrons. The fourth-order valence-electron chi connectivity index (χ4n) is 2.80. The molecule has 0 saturated heterocycles. The zero-order chi connectivity index (χ0) is 18.9. The Kier molecular flexibility index (Phi) is 5.04. The third kappa shape index (κ3) is 3.46. The first-order valence-corrected chi connectivity index (χ1v) is 10.4. The third-order valence-corrected chi connectivity index (χ3v) is 6.43. The maximum absolute atomic E-state index is 12.5. The minimum Gasteiger partial charge on any atom is -0.293 e. The summed E-state index contributed by atoms with van der Waals surface area (Å²) in [6.07, 6.45) is 3.87. The van der Waals surface area contributed by atoms with Crippen molar-refractivity contribution in [1.29, 1.82) is 0 Å². The van der Waals surface area contributed by atoms with Crippen LogP contribution in [0.2, 0.25) is 0 Å². The minimum absolute atomic E-state index is 0.0463. The molecule has 5 nitrogen and oxygen atoms in total. The van der Waals surface area contributed by atoms with Gasteiger partial charge in [0, 0.05) is 34.8 Å². The molecule has 0 fully saturated rings. The standard InChI is InChI=1S/C19H18N2O3S2/c1-3-16(22)19-17(13-6-8-15(9-7-13)26(20,23)24)12(2)18(25-19)14-5-4-10-21-11-14/h4-11H,3H2,1-2H3,(H2,20,23,24). The van der Waals surface area contributed by atoms with Crippen molar-refractivity contribution in [1.82, 2.24) is 4.98 Å². The van der Waals surface area contributed by atoms with Crippen LogP contribution >= 0.6 is 11.3 Å². The maximum atomic E-state index is 12.5.